The Labute approximate surface area is 717 Å². The molecule has 0 aliphatic heterocycles. The van der Waals surface area contributed by atoms with Crippen molar-refractivity contribution in [3.63, 3.8) is 0 Å². The first-order chi connectivity index (χ1) is 58.9. The number of phenols is 2. The average molecular weight is 1750 g/mol. The van der Waals surface area contributed by atoms with Gasteiger partial charge in [0.25, 0.3) is 0 Å². The Balaban J connectivity index is 1.28. The number of hydrogen-bond acceptors (Lipinski definition) is 24. The van der Waals surface area contributed by atoms with Crippen molar-refractivity contribution in [1.29, 1.82) is 0 Å². The number of aromatic hydroxyl groups is 2. The zero-order valence-electron chi connectivity index (χ0n) is 69.1. The van der Waals surface area contributed by atoms with Crippen LogP contribution in [0.5, 0.6) is 11.5 Å². The second-order valence-electron chi connectivity index (χ2n) is 29.5. The number of thioether (sulfide) groups is 1. The zero-order valence-corrected chi connectivity index (χ0v) is 69.9. The molecule has 0 fully saturated rings. The number of carboxylic acid groups (broad SMARTS) is 2. The number of nitrogens with two attached hydrogens (primary N) is 3. The van der Waals surface area contributed by atoms with Crippen LogP contribution in [-0.2, 0) is 112 Å². The van der Waals surface area contributed by atoms with Gasteiger partial charge in [-0.25, -0.2) is 0 Å². The maximum absolute atomic E-state index is 15.0. The van der Waals surface area contributed by atoms with Crippen molar-refractivity contribution in [2.75, 3.05) is 51.3 Å². The molecule has 1 aromatic heterocycles. The van der Waals surface area contributed by atoms with Crippen molar-refractivity contribution in [1.82, 2.24) is 84.7 Å². The summed E-state index contributed by atoms with van der Waals surface area (Å²) in [5.41, 5.74) is 19.2. The van der Waals surface area contributed by atoms with Crippen LogP contribution in [0.2, 0.25) is 0 Å². The number of carboxylic acids is 2. The van der Waals surface area contributed by atoms with Crippen molar-refractivity contribution in [3.8, 4) is 11.5 Å². The Morgan fingerprint density at radius 3 is 1.37 bits per heavy atom. The third kappa shape index (κ3) is 36.2. The molecule has 0 bridgehead atoms. The molecule has 0 spiro atoms. The van der Waals surface area contributed by atoms with Gasteiger partial charge in [-0.3, -0.25) is 86.3 Å². The number of aliphatic hydroxyl groups excluding tert-OH is 1. The van der Waals surface area contributed by atoms with Crippen LogP contribution in [0.1, 0.15) is 101 Å². The van der Waals surface area contributed by atoms with Crippen LogP contribution < -0.4 is 97.0 Å². The summed E-state index contributed by atoms with van der Waals surface area (Å²) in [4.78, 5) is 244. The number of phenolic OH excluding ortho intramolecular Hbond substituents is 2. The van der Waals surface area contributed by atoms with Crippen LogP contribution in [-0.4, -0.2) is 261 Å². The lowest BCUT2D eigenvalue weighted by molar-refractivity contribution is -0.141. The van der Waals surface area contributed by atoms with E-state index in [4.69, 9.17) is 22.3 Å². The summed E-state index contributed by atoms with van der Waals surface area (Å²) in [7, 11) is 0. The molecule has 1 heterocycles. The van der Waals surface area contributed by atoms with Gasteiger partial charge in [0.05, 0.1) is 45.2 Å². The number of aliphatic carboxylic acids is 2. The van der Waals surface area contributed by atoms with Gasteiger partial charge < -0.3 is 127 Å². The number of primary amides is 1. The first-order valence-corrected chi connectivity index (χ1v) is 41.1. The number of aliphatic hydroxyl groups is 1. The molecule has 0 aliphatic rings. The van der Waals surface area contributed by atoms with E-state index in [1.54, 1.807) is 80.9 Å². The molecule has 124 heavy (non-hydrogen) atoms. The van der Waals surface area contributed by atoms with E-state index < -0.39 is 225 Å². The number of amides is 16. The Hall–Kier alpha value is -13.3. The SMILES string of the molecule is CSCC[C@H](NC(=O)[C@H](C)NC(=O)CNC(=O)[C@H](Cc1ccc(O)cc1)NC(=O)[C@H](Cc1c[nH]c2ccccc12)NC(=O)[C@H](Cc1ccccc1)NC(=O)[C@H](CO)NC(=O)CNC(=O)CNC(=O)[C@H](CC(=O)O)NC(=O)[C@@H](N)CCC(=O)O)C(=O)N[C@@H](CCCCN)C(=O)N[C@@H](C)C(=O)N[C@@H](CC(C)C)C(=O)N[C@@H](Cc1ccc(O)cc1)C(=O)NCC(N)=O. The highest BCUT2D eigenvalue weighted by atomic mass is 32.2. The molecule has 0 saturated heterocycles. The van der Waals surface area contributed by atoms with E-state index in [0.717, 1.165) is 0 Å². The molecule has 12 atom stereocenters. The number of aromatic nitrogens is 1. The van der Waals surface area contributed by atoms with Crippen molar-refractivity contribution in [2.24, 2.45) is 23.1 Å². The van der Waals surface area contributed by atoms with Crippen LogP contribution in [0.15, 0.2) is 109 Å². The lowest BCUT2D eigenvalue weighted by Crippen LogP contribution is -2.60. The Bertz CT molecular complexity index is 4520. The van der Waals surface area contributed by atoms with E-state index in [1.807, 2.05) is 0 Å². The van der Waals surface area contributed by atoms with Crippen molar-refractivity contribution in [3.05, 3.63) is 132 Å². The van der Waals surface area contributed by atoms with E-state index in [9.17, 15) is 102 Å². The molecule has 674 valence electrons. The van der Waals surface area contributed by atoms with E-state index in [1.165, 1.54) is 74.1 Å². The molecule has 5 aromatic rings. The summed E-state index contributed by atoms with van der Waals surface area (Å²) in [5.74, 6) is -18.1. The number of unbranched alkanes of at least 4 members (excludes halogenated alkanes) is 1. The first kappa shape index (κ1) is 101. The number of rotatable bonds is 54. The van der Waals surface area contributed by atoms with Gasteiger partial charge in [0.1, 0.15) is 78.0 Å². The third-order valence-electron chi connectivity index (χ3n) is 18.9. The molecule has 27 N–H and O–H groups in total. The van der Waals surface area contributed by atoms with Gasteiger partial charge in [-0.15, -0.1) is 0 Å². The third-order valence-corrected chi connectivity index (χ3v) is 19.6. The van der Waals surface area contributed by atoms with Crippen molar-refractivity contribution in [2.45, 2.75) is 177 Å². The highest BCUT2D eigenvalue weighted by Crippen LogP contribution is 2.21. The number of H-pyrrole nitrogens is 1. The Morgan fingerprint density at radius 2 is 0.839 bits per heavy atom. The molecular formula is C81H111N19O23S. The second kappa shape index (κ2) is 52.1. The number of para-hydroxylation sites is 1. The summed E-state index contributed by atoms with van der Waals surface area (Å²) in [6, 6.07) is 8.65. The number of carbonyl (C=O) groups excluding carboxylic acids is 16. The smallest absolute Gasteiger partial charge is 0.305 e. The number of aromatic amines is 1. The van der Waals surface area contributed by atoms with Crippen molar-refractivity contribution >= 4 is 129 Å². The highest BCUT2D eigenvalue weighted by Gasteiger charge is 2.37. The quantitative estimate of drug-likeness (QED) is 0.0162. The largest absolute Gasteiger partial charge is 0.508 e. The minimum atomic E-state index is -1.81. The fourth-order valence-corrected chi connectivity index (χ4v) is 12.7. The van der Waals surface area contributed by atoms with Crippen LogP contribution >= 0.6 is 11.8 Å². The van der Waals surface area contributed by atoms with Crippen LogP contribution in [0.3, 0.4) is 0 Å². The number of carbonyl (C=O) groups is 18. The maximum atomic E-state index is 15.0. The average Bonchev–Trinajstić information content (AvgIpc) is 1.65. The zero-order chi connectivity index (χ0) is 91.7. The van der Waals surface area contributed by atoms with Gasteiger partial charge in [-0.05, 0) is 129 Å². The summed E-state index contributed by atoms with van der Waals surface area (Å²) in [5, 5.41) is 86.1. The minimum Gasteiger partial charge on any atom is -0.508 e. The lowest BCUT2D eigenvalue weighted by atomic mass is 10.0. The Kier molecular flexibility index (Phi) is 42.6. The topological polar surface area (TPSA) is 683 Å². The first-order valence-electron chi connectivity index (χ1n) is 39.7. The molecule has 0 aliphatic carbocycles. The monoisotopic (exact) mass is 1750 g/mol. The van der Waals surface area contributed by atoms with E-state index in [0.29, 0.717) is 51.8 Å². The molecule has 16 amide bonds. The molecule has 0 saturated carbocycles. The molecule has 5 rings (SSSR count). The van der Waals surface area contributed by atoms with Gasteiger partial charge in [0.15, 0.2) is 0 Å². The fourth-order valence-electron chi connectivity index (χ4n) is 12.2. The van der Waals surface area contributed by atoms with Crippen LogP contribution in [0.4, 0.5) is 0 Å². The van der Waals surface area contributed by atoms with E-state index in [-0.39, 0.29) is 75.3 Å². The van der Waals surface area contributed by atoms with Gasteiger partial charge in [0.2, 0.25) is 94.5 Å². The minimum absolute atomic E-state index is 0.00153. The summed E-state index contributed by atoms with van der Waals surface area (Å²) < 4.78 is 0. The second-order valence-corrected chi connectivity index (χ2v) is 30.5. The maximum Gasteiger partial charge on any atom is 0.305 e. The predicted molar refractivity (Wildman–Crippen MR) is 449 cm³/mol. The van der Waals surface area contributed by atoms with Crippen LogP contribution in [0, 0.1) is 5.92 Å². The molecule has 43 heteroatoms. The summed E-state index contributed by atoms with van der Waals surface area (Å²) in [6.07, 6.45) is 1.29. The van der Waals surface area contributed by atoms with E-state index >= 15 is 4.79 Å². The van der Waals surface area contributed by atoms with Gasteiger partial charge in [-0.2, -0.15) is 11.8 Å². The molecular weight excluding hydrogens is 1640 g/mol. The normalized spacial score (nSPS) is 13.9. The summed E-state index contributed by atoms with van der Waals surface area (Å²) >= 11 is 1.32. The summed E-state index contributed by atoms with van der Waals surface area (Å²) in [6.45, 7) is 2.17. The number of hydrogen-bond donors (Lipinski definition) is 24. The van der Waals surface area contributed by atoms with E-state index in [2.05, 4.69) is 84.7 Å². The number of benzene rings is 4. The van der Waals surface area contributed by atoms with Gasteiger partial charge in [-0.1, -0.05) is 86.6 Å². The van der Waals surface area contributed by atoms with Gasteiger partial charge >= 0.3 is 11.9 Å². The van der Waals surface area contributed by atoms with Crippen molar-refractivity contribution < 1.29 is 112 Å². The highest BCUT2D eigenvalue weighted by molar-refractivity contribution is 7.98. The predicted octanol–water partition coefficient (Wildman–Crippen LogP) is -5.24. The number of fused-ring (bicyclic) bond motifs is 1. The standard InChI is InChI=1S/C81H111N19O23S/c1-43(2)31-57(78(120)97-58(73(115)87-38-64(84)104)33-47-18-22-50(102)23-19-47)95-71(113)45(4)91-76(118)55(17-11-12-29-82)94-77(119)56(28-30-124-5)93-70(112)44(3)90-66(106)41-89-74(116)59(34-48-20-24-51(103)25-21-48)98-80(122)61(35-49-37-85-54-16-10-9-15-52(49)54)100-79(121)60(32-46-13-7-6-8-14-46)99-81(123)63(42-101)92-67(107)40-86-65(105)39-88-75(117)62(36-69(110)111)96-72(114)53(83)26-27-68(108)109/h6-10,13-16,18-25,37,43-45,53,55-63,85,101-103H,11-12,17,26-36,38-42,82-83H2,1-5H3,(H2,84,104)(H,86,105)(H,87,115)(H,88,117)(H,89,116)(H,90,106)(H,91,118)(H,92,107)(H,93,112)(H,94,119)(H,95,113)(H,96,114)(H,97,120)(H,98,122)(H,99,123)(H,100,121)(H,108,109)(H,110,111)/t44-,45-,53-,55-,56-,57-,58-,59-,60-,61-,62-,63-/m0/s1. The molecule has 0 radical (unpaired) electrons. The van der Waals surface area contributed by atoms with Gasteiger partial charge in [0, 0.05) is 49.2 Å². The van der Waals surface area contributed by atoms with Crippen LogP contribution in [0.25, 0.3) is 10.9 Å². The fraction of sp³-hybridized carbons (Fsp3) is 0.457. The lowest BCUT2D eigenvalue weighted by Gasteiger charge is -2.27. The molecule has 42 nitrogen and oxygen atoms in total. The molecule has 4 aromatic carbocycles. The molecule has 0 unspecified atom stereocenters. The number of nitrogens with one attached hydrogen (secondary N) is 16. The Morgan fingerprint density at radius 1 is 0.411 bits per heavy atom.